The maximum Gasteiger partial charge on any atom is 0.335 e. The van der Waals surface area contributed by atoms with Crippen LogP contribution in [0, 0.1) is 11.2 Å². The Hall–Kier alpha value is -2.24. The number of carboxylic acids is 1. The van der Waals surface area contributed by atoms with Gasteiger partial charge in [0.2, 0.25) is 11.8 Å². The summed E-state index contributed by atoms with van der Waals surface area (Å²) in [6, 6.07) is 3.01. The molecule has 0 radical (unpaired) electrons. The van der Waals surface area contributed by atoms with Gasteiger partial charge >= 0.3 is 5.97 Å². The Kier molecular flexibility index (Phi) is 2.88. The zero-order chi connectivity index (χ0) is 14.4. The molecular formula is C13H12FNO4. The van der Waals surface area contributed by atoms with Crippen molar-refractivity contribution >= 4 is 23.5 Å². The molecule has 100 valence electrons. The largest absolute Gasteiger partial charge is 0.478 e. The zero-order valence-electron chi connectivity index (χ0n) is 10.4. The number of carbonyl (C=O) groups is 3. The van der Waals surface area contributed by atoms with Gasteiger partial charge in [-0.15, -0.1) is 0 Å². The van der Waals surface area contributed by atoms with Gasteiger partial charge in [0.15, 0.2) is 0 Å². The molecule has 19 heavy (non-hydrogen) atoms. The topological polar surface area (TPSA) is 74.7 Å². The molecule has 1 aromatic rings. The first-order valence-electron chi connectivity index (χ1n) is 5.64. The van der Waals surface area contributed by atoms with Gasteiger partial charge in [0.1, 0.15) is 5.82 Å². The summed E-state index contributed by atoms with van der Waals surface area (Å²) in [4.78, 5) is 35.5. The van der Waals surface area contributed by atoms with Gasteiger partial charge in [0.05, 0.1) is 16.7 Å². The predicted octanol–water partition coefficient (Wildman–Crippen LogP) is 1.81. The van der Waals surface area contributed by atoms with Crippen LogP contribution in [-0.4, -0.2) is 22.9 Å². The number of hydrogen-bond donors (Lipinski definition) is 1. The molecule has 1 aliphatic rings. The van der Waals surface area contributed by atoms with Gasteiger partial charge in [0, 0.05) is 6.42 Å². The van der Waals surface area contributed by atoms with Gasteiger partial charge < -0.3 is 5.11 Å². The monoisotopic (exact) mass is 265 g/mol. The number of carboxylic acid groups (broad SMARTS) is 1. The average Bonchev–Trinajstić information content (AvgIpc) is 2.49. The van der Waals surface area contributed by atoms with E-state index in [0.29, 0.717) is 0 Å². The van der Waals surface area contributed by atoms with E-state index in [9.17, 15) is 18.8 Å². The number of anilines is 1. The molecule has 0 aliphatic carbocycles. The number of nitrogens with zero attached hydrogens (tertiary/aromatic N) is 1. The lowest BCUT2D eigenvalue weighted by atomic mass is 9.92. The van der Waals surface area contributed by atoms with E-state index in [-0.39, 0.29) is 17.7 Å². The van der Waals surface area contributed by atoms with Gasteiger partial charge in [0.25, 0.3) is 0 Å². The molecule has 0 aromatic heterocycles. The van der Waals surface area contributed by atoms with Crippen molar-refractivity contribution in [2.45, 2.75) is 20.3 Å². The maximum atomic E-state index is 13.7. The highest BCUT2D eigenvalue weighted by atomic mass is 19.1. The van der Waals surface area contributed by atoms with Gasteiger partial charge in [-0.2, -0.15) is 0 Å². The molecule has 5 nitrogen and oxygen atoms in total. The van der Waals surface area contributed by atoms with Gasteiger partial charge in [-0.05, 0) is 18.2 Å². The third kappa shape index (κ3) is 2.09. The molecule has 1 aromatic carbocycles. The highest BCUT2D eigenvalue weighted by Gasteiger charge is 2.46. The average molecular weight is 265 g/mol. The molecule has 0 unspecified atom stereocenters. The number of rotatable bonds is 2. The van der Waals surface area contributed by atoms with Gasteiger partial charge in [-0.25, -0.2) is 14.1 Å². The van der Waals surface area contributed by atoms with Crippen molar-refractivity contribution in [3.8, 4) is 0 Å². The summed E-state index contributed by atoms with van der Waals surface area (Å²) in [5, 5.41) is 8.87. The second-order valence-corrected chi connectivity index (χ2v) is 5.07. The van der Waals surface area contributed by atoms with Crippen molar-refractivity contribution in [2.75, 3.05) is 4.90 Å². The molecule has 0 spiro atoms. The second kappa shape index (κ2) is 4.15. The molecule has 2 rings (SSSR count). The number of amides is 2. The van der Waals surface area contributed by atoms with E-state index in [1.807, 2.05) is 0 Å². The Bertz CT molecular complexity index is 594. The van der Waals surface area contributed by atoms with E-state index < -0.39 is 29.0 Å². The number of carbonyl (C=O) groups excluding carboxylic acids is 2. The number of benzene rings is 1. The fourth-order valence-electron chi connectivity index (χ4n) is 2.01. The third-order valence-electron chi connectivity index (χ3n) is 3.06. The van der Waals surface area contributed by atoms with Crippen LogP contribution in [0.4, 0.5) is 10.1 Å². The molecule has 1 saturated heterocycles. The van der Waals surface area contributed by atoms with Crippen LogP contribution in [0.1, 0.15) is 30.6 Å². The molecule has 1 heterocycles. The first kappa shape index (κ1) is 13.2. The minimum absolute atomic E-state index is 0.0252. The van der Waals surface area contributed by atoms with Crippen LogP contribution in [0.5, 0.6) is 0 Å². The van der Waals surface area contributed by atoms with Crippen molar-refractivity contribution in [1.82, 2.24) is 0 Å². The predicted molar refractivity (Wildman–Crippen MR) is 64.3 cm³/mol. The summed E-state index contributed by atoms with van der Waals surface area (Å²) in [7, 11) is 0. The maximum absolute atomic E-state index is 13.7. The van der Waals surface area contributed by atoms with E-state index >= 15 is 0 Å². The van der Waals surface area contributed by atoms with E-state index in [2.05, 4.69) is 0 Å². The van der Waals surface area contributed by atoms with Gasteiger partial charge in [-0.3, -0.25) is 9.59 Å². The zero-order valence-corrected chi connectivity index (χ0v) is 10.4. The minimum Gasteiger partial charge on any atom is -0.478 e. The highest BCUT2D eigenvalue weighted by Crippen LogP contribution is 2.36. The van der Waals surface area contributed by atoms with Crippen LogP contribution in [-0.2, 0) is 9.59 Å². The fraction of sp³-hybridized carbons (Fsp3) is 0.308. The lowest BCUT2D eigenvalue weighted by molar-refractivity contribution is -0.124. The first-order chi connectivity index (χ1) is 8.74. The van der Waals surface area contributed by atoms with Crippen molar-refractivity contribution < 1.29 is 23.9 Å². The number of imide groups is 1. The Morgan fingerprint density at radius 3 is 2.47 bits per heavy atom. The van der Waals surface area contributed by atoms with Crippen molar-refractivity contribution in [2.24, 2.45) is 5.41 Å². The second-order valence-electron chi connectivity index (χ2n) is 5.07. The Morgan fingerprint density at radius 1 is 1.37 bits per heavy atom. The van der Waals surface area contributed by atoms with Crippen LogP contribution < -0.4 is 4.90 Å². The molecule has 0 saturated carbocycles. The molecule has 0 bridgehead atoms. The third-order valence-corrected chi connectivity index (χ3v) is 3.06. The number of aromatic carboxylic acids is 1. The minimum atomic E-state index is -1.25. The summed E-state index contributed by atoms with van der Waals surface area (Å²) in [5.41, 5.74) is -1.38. The number of halogens is 1. The quantitative estimate of drug-likeness (QED) is 0.827. The fourth-order valence-corrected chi connectivity index (χ4v) is 2.01. The van der Waals surface area contributed by atoms with Crippen LogP contribution in [0.25, 0.3) is 0 Å². The highest BCUT2D eigenvalue weighted by molar-refractivity contribution is 6.22. The molecule has 1 aliphatic heterocycles. The Balaban J connectivity index is 2.53. The molecule has 2 amide bonds. The summed E-state index contributed by atoms with van der Waals surface area (Å²) in [6.07, 6.45) is -0.0252. The van der Waals surface area contributed by atoms with E-state index in [1.165, 1.54) is 0 Å². The molecule has 0 atom stereocenters. The Morgan fingerprint density at radius 2 is 2.00 bits per heavy atom. The molecule has 6 heteroatoms. The molecule has 1 N–H and O–H groups in total. The Labute approximate surface area is 108 Å². The van der Waals surface area contributed by atoms with Crippen molar-refractivity contribution in [3.05, 3.63) is 29.6 Å². The summed E-state index contributed by atoms with van der Waals surface area (Å²) in [5.74, 6) is -3.11. The van der Waals surface area contributed by atoms with Crippen LogP contribution in [0.15, 0.2) is 18.2 Å². The standard InChI is InChI=1S/C13H12FNO4/c1-13(2)6-10(16)15(12(13)19)9-5-7(11(17)18)3-4-8(9)14/h3-5H,6H2,1-2H3,(H,17,18). The lowest BCUT2D eigenvalue weighted by Gasteiger charge is -2.18. The summed E-state index contributed by atoms with van der Waals surface area (Å²) < 4.78 is 13.7. The van der Waals surface area contributed by atoms with Gasteiger partial charge in [-0.1, -0.05) is 13.8 Å². The SMILES string of the molecule is CC1(C)CC(=O)N(c2cc(C(=O)O)ccc2F)C1=O. The molecule has 1 fully saturated rings. The van der Waals surface area contributed by atoms with Crippen LogP contribution >= 0.6 is 0 Å². The van der Waals surface area contributed by atoms with Crippen LogP contribution in [0.3, 0.4) is 0 Å². The van der Waals surface area contributed by atoms with E-state index in [0.717, 1.165) is 23.1 Å². The number of hydrogen-bond acceptors (Lipinski definition) is 3. The van der Waals surface area contributed by atoms with Crippen LogP contribution in [0.2, 0.25) is 0 Å². The van der Waals surface area contributed by atoms with Crippen molar-refractivity contribution in [3.63, 3.8) is 0 Å². The molecular weight excluding hydrogens is 253 g/mol. The summed E-state index contributed by atoms with van der Waals surface area (Å²) >= 11 is 0. The van der Waals surface area contributed by atoms with Crippen molar-refractivity contribution in [1.29, 1.82) is 0 Å². The normalized spacial score (nSPS) is 17.9. The summed E-state index contributed by atoms with van der Waals surface area (Å²) in [6.45, 7) is 3.18. The van der Waals surface area contributed by atoms with E-state index in [1.54, 1.807) is 13.8 Å². The lowest BCUT2D eigenvalue weighted by Crippen LogP contribution is -2.33. The first-order valence-corrected chi connectivity index (χ1v) is 5.64. The smallest absolute Gasteiger partial charge is 0.335 e. The van der Waals surface area contributed by atoms with E-state index in [4.69, 9.17) is 5.11 Å².